The van der Waals surface area contributed by atoms with Crippen LogP contribution >= 0.6 is 23.2 Å². The molecule has 0 radical (unpaired) electrons. The van der Waals surface area contributed by atoms with Gasteiger partial charge in [0.05, 0.1) is 0 Å². The summed E-state index contributed by atoms with van der Waals surface area (Å²) in [6, 6.07) is 12.6. The number of hydrogen-bond acceptors (Lipinski definition) is 2. The van der Waals surface area contributed by atoms with Crippen molar-refractivity contribution in [2.45, 2.75) is 6.61 Å². The van der Waals surface area contributed by atoms with E-state index in [1.807, 2.05) is 24.3 Å². The van der Waals surface area contributed by atoms with Crippen LogP contribution in [-0.2, 0) is 6.61 Å². The molecule has 0 bridgehead atoms. The minimum Gasteiger partial charge on any atom is -0.489 e. The van der Waals surface area contributed by atoms with Gasteiger partial charge in [0.15, 0.2) is 0 Å². The lowest BCUT2D eigenvalue weighted by Gasteiger charge is -2.07. The molecule has 0 unspecified atom stereocenters. The topological polar surface area (TPSA) is 35.2 Å². The second-order valence-electron chi connectivity index (χ2n) is 3.64. The summed E-state index contributed by atoms with van der Waals surface area (Å²) < 4.78 is 5.58. The van der Waals surface area contributed by atoms with Crippen LogP contribution < -0.4 is 10.5 Å². The average Bonchev–Trinajstić information content (AvgIpc) is 2.27. The summed E-state index contributed by atoms with van der Waals surface area (Å²) in [6.07, 6.45) is 0. The van der Waals surface area contributed by atoms with E-state index in [9.17, 15) is 0 Å². The van der Waals surface area contributed by atoms with E-state index in [4.69, 9.17) is 33.7 Å². The molecular formula is C13H11Cl2NO. The molecule has 0 saturated heterocycles. The molecule has 0 aliphatic heterocycles. The van der Waals surface area contributed by atoms with Crippen molar-refractivity contribution in [1.82, 2.24) is 0 Å². The SMILES string of the molecule is Nc1ccc(COc2cc(Cl)cc(Cl)c2)cc1. The summed E-state index contributed by atoms with van der Waals surface area (Å²) >= 11 is 11.7. The van der Waals surface area contributed by atoms with Crippen molar-refractivity contribution in [3.8, 4) is 5.75 Å². The Labute approximate surface area is 110 Å². The fraction of sp³-hybridized carbons (Fsp3) is 0.0769. The van der Waals surface area contributed by atoms with E-state index >= 15 is 0 Å². The first-order chi connectivity index (χ1) is 8.13. The van der Waals surface area contributed by atoms with Crippen LogP contribution in [0.25, 0.3) is 0 Å². The van der Waals surface area contributed by atoms with E-state index in [-0.39, 0.29) is 0 Å². The predicted octanol–water partition coefficient (Wildman–Crippen LogP) is 4.15. The Morgan fingerprint density at radius 3 is 2.12 bits per heavy atom. The number of anilines is 1. The maximum absolute atomic E-state index is 5.87. The van der Waals surface area contributed by atoms with Gasteiger partial charge in [0.2, 0.25) is 0 Å². The lowest BCUT2D eigenvalue weighted by Crippen LogP contribution is -1.95. The van der Waals surface area contributed by atoms with E-state index in [2.05, 4.69) is 0 Å². The van der Waals surface area contributed by atoms with E-state index < -0.39 is 0 Å². The number of benzene rings is 2. The molecular weight excluding hydrogens is 257 g/mol. The Kier molecular flexibility index (Phi) is 3.77. The van der Waals surface area contributed by atoms with Gasteiger partial charge in [-0.2, -0.15) is 0 Å². The zero-order valence-corrected chi connectivity index (χ0v) is 10.5. The molecule has 17 heavy (non-hydrogen) atoms. The van der Waals surface area contributed by atoms with Crippen LogP contribution in [0.4, 0.5) is 5.69 Å². The molecule has 88 valence electrons. The lowest BCUT2D eigenvalue weighted by atomic mass is 10.2. The second kappa shape index (κ2) is 5.30. The maximum atomic E-state index is 5.87. The highest BCUT2D eigenvalue weighted by Gasteiger charge is 2.00. The summed E-state index contributed by atoms with van der Waals surface area (Å²) in [7, 11) is 0. The van der Waals surface area contributed by atoms with Gasteiger partial charge in [0, 0.05) is 15.7 Å². The third-order valence-corrected chi connectivity index (χ3v) is 2.66. The third-order valence-electron chi connectivity index (χ3n) is 2.22. The molecule has 0 aromatic heterocycles. The average molecular weight is 268 g/mol. The van der Waals surface area contributed by atoms with Gasteiger partial charge < -0.3 is 10.5 Å². The highest BCUT2D eigenvalue weighted by Crippen LogP contribution is 2.24. The molecule has 0 amide bonds. The maximum Gasteiger partial charge on any atom is 0.122 e. The van der Waals surface area contributed by atoms with Crippen molar-refractivity contribution in [2.75, 3.05) is 5.73 Å². The molecule has 0 aliphatic carbocycles. The van der Waals surface area contributed by atoms with E-state index in [1.165, 1.54) is 0 Å². The number of ether oxygens (including phenoxy) is 1. The first-order valence-electron chi connectivity index (χ1n) is 5.07. The summed E-state index contributed by atoms with van der Waals surface area (Å²) in [5.74, 6) is 0.652. The fourth-order valence-corrected chi connectivity index (χ4v) is 1.90. The zero-order valence-electron chi connectivity index (χ0n) is 8.99. The Hall–Kier alpha value is -1.38. The summed E-state index contributed by atoms with van der Waals surface area (Å²) in [4.78, 5) is 0. The number of nitrogen functional groups attached to an aromatic ring is 1. The molecule has 0 heterocycles. The number of halogens is 2. The normalized spacial score (nSPS) is 10.2. The largest absolute Gasteiger partial charge is 0.489 e. The molecule has 2 aromatic rings. The molecule has 0 spiro atoms. The zero-order chi connectivity index (χ0) is 12.3. The number of rotatable bonds is 3. The van der Waals surface area contributed by atoms with Crippen molar-refractivity contribution in [1.29, 1.82) is 0 Å². The minimum absolute atomic E-state index is 0.455. The van der Waals surface area contributed by atoms with Crippen molar-refractivity contribution in [2.24, 2.45) is 0 Å². The highest BCUT2D eigenvalue weighted by atomic mass is 35.5. The van der Waals surface area contributed by atoms with Crippen LogP contribution in [0.15, 0.2) is 42.5 Å². The van der Waals surface area contributed by atoms with Crippen LogP contribution in [0.5, 0.6) is 5.75 Å². The molecule has 0 atom stereocenters. The minimum atomic E-state index is 0.455. The Balaban J connectivity index is 2.04. The van der Waals surface area contributed by atoms with Crippen molar-refractivity contribution in [3.63, 3.8) is 0 Å². The second-order valence-corrected chi connectivity index (χ2v) is 4.51. The summed E-state index contributed by atoms with van der Waals surface area (Å²) in [5, 5.41) is 1.12. The Morgan fingerprint density at radius 1 is 0.941 bits per heavy atom. The highest BCUT2D eigenvalue weighted by molar-refractivity contribution is 6.34. The van der Waals surface area contributed by atoms with Gasteiger partial charge in [-0.15, -0.1) is 0 Å². The standard InChI is InChI=1S/C13H11Cl2NO/c14-10-5-11(15)7-13(6-10)17-8-9-1-3-12(16)4-2-9/h1-7H,8,16H2. The quantitative estimate of drug-likeness (QED) is 0.848. The van der Waals surface area contributed by atoms with E-state index in [1.54, 1.807) is 18.2 Å². The molecule has 2 rings (SSSR count). The van der Waals surface area contributed by atoms with Gasteiger partial charge in [-0.25, -0.2) is 0 Å². The molecule has 2 aromatic carbocycles. The van der Waals surface area contributed by atoms with E-state index in [0.717, 1.165) is 11.3 Å². The Bertz CT molecular complexity index is 491. The van der Waals surface area contributed by atoms with Crippen LogP contribution in [0.1, 0.15) is 5.56 Å². The van der Waals surface area contributed by atoms with Crippen LogP contribution in [0.3, 0.4) is 0 Å². The monoisotopic (exact) mass is 267 g/mol. The van der Waals surface area contributed by atoms with Crippen molar-refractivity contribution < 1.29 is 4.74 Å². The van der Waals surface area contributed by atoms with Gasteiger partial charge in [-0.1, -0.05) is 35.3 Å². The van der Waals surface area contributed by atoms with Crippen molar-refractivity contribution >= 4 is 28.9 Å². The predicted molar refractivity (Wildman–Crippen MR) is 71.6 cm³/mol. The van der Waals surface area contributed by atoms with Gasteiger partial charge in [-0.3, -0.25) is 0 Å². The molecule has 2 N–H and O–H groups in total. The smallest absolute Gasteiger partial charge is 0.122 e. The first kappa shape index (κ1) is 12.1. The molecule has 0 fully saturated rings. The molecule has 2 nitrogen and oxygen atoms in total. The van der Waals surface area contributed by atoms with Gasteiger partial charge >= 0.3 is 0 Å². The van der Waals surface area contributed by atoms with Gasteiger partial charge in [0.1, 0.15) is 12.4 Å². The van der Waals surface area contributed by atoms with Crippen LogP contribution in [0, 0.1) is 0 Å². The summed E-state index contributed by atoms with van der Waals surface area (Å²) in [5.41, 5.74) is 7.37. The number of hydrogen-bond donors (Lipinski definition) is 1. The first-order valence-corrected chi connectivity index (χ1v) is 5.82. The Morgan fingerprint density at radius 2 is 1.53 bits per heavy atom. The summed E-state index contributed by atoms with van der Waals surface area (Å²) in [6.45, 7) is 0.455. The lowest BCUT2D eigenvalue weighted by molar-refractivity contribution is 0.306. The van der Waals surface area contributed by atoms with Crippen molar-refractivity contribution in [3.05, 3.63) is 58.1 Å². The van der Waals surface area contributed by atoms with Crippen LogP contribution in [0.2, 0.25) is 10.0 Å². The molecule has 0 aliphatic rings. The fourth-order valence-electron chi connectivity index (χ4n) is 1.39. The molecule has 4 heteroatoms. The third kappa shape index (κ3) is 3.55. The van der Waals surface area contributed by atoms with Gasteiger partial charge in [0.25, 0.3) is 0 Å². The van der Waals surface area contributed by atoms with Crippen LogP contribution in [-0.4, -0.2) is 0 Å². The molecule has 0 saturated carbocycles. The van der Waals surface area contributed by atoms with Gasteiger partial charge in [-0.05, 0) is 35.9 Å². The van der Waals surface area contributed by atoms with E-state index in [0.29, 0.717) is 22.4 Å². The number of nitrogens with two attached hydrogens (primary N) is 1.